The maximum absolute atomic E-state index is 12.6. The topological polar surface area (TPSA) is 102 Å². The lowest BCUT2D eigenvalue weighted by atomic mass is 10.2. The van der Waals surface area contributed by atoms with E-state index in [2.05, 4.69) is 21.6 Å². The average molecular weight is 486 g/mol. The number of methoxy groups -OCH3 is 1. The third-order valence-electron chi connectivity index (χ3n) is 5.06. The third-order valence-corrected chi connectivity index (χ3v) is 5.99. The van der Waals surface area contributed by atoms with E-state index < -0.39 is 6.10 Å². The number of nitrogens with one attached hydrogen (secondary N) is 1. The summed E-state index contributed by atoms with van der Waals surface area (Å²) in [5.74, 6) is 1.64. The van der Waals surface area contributed by atoms with Crippen molar-refractivity contribution in [2.24, 2.45) is 0 Å². The van der Waals surface area contributed by atoms with E-state index in [0.717, 1.165) is 5.69 Å². The molecule has 1 atom stereocenters. The molecule has 0 radical (unpaired) electrons. The van der Waals surface area contributed by atoms with Crippen molar-refractivity contribution in [2.45, 2.75) is 18.2 Å². The summed E-state index contributed by atoms with van der Waals surface area (Å²) in [6.45, 7) is 1.88. The Morgan fingerprint density at radius 2 is 1.71 bits per heavy atom. The van der Waals surface area contributed by atoms with Gasteiger partial charge in [0.25, 0.3) is 0 Å². The molecule has 0 aliphatic rings. The quantitative estimate of drug-likeness (QED) is 0.332. The number of anilines is 1. The van der Waals surface area contributed by atoms with Crippen LogP contribution in [0.4, 0.5) is 5.69 Å². The number of hydrogen-bond acceptors (Lipinski definition) is 7. The number of carbonyl (C=O) groups is 1. The van der Waals surface area contributed by atoms with Crippen molar-refractivity contribution in [3.8, 4) is 23.3 Å². The minimum absolute atomic E-state index is 0.0898. The van der Waals surface area contributed by atoms with Crippen LogP contribution in [0.2, 0.25) is 0 Å². The fourth-order valence-electron chi connectivity index (χ4n) is 3.42. The van der Waals surface area contributed by atoms with Gasteiger partial charge in [0.05, 0.1) is 24.1 Å². The Morgan fingerprint density at radius 1 is 1.03 bits per heavy atom. The van der Waals surface area contributed by atoms with Crippen LogP contribution in [-0.2, 0) is 4.79 Å². The van der Waals surface area contributed by atoms with Gasteiger partial charge in [-0.2, -0.15) is 5.26 Å². The second kappa shape index (κ2) is 11.2. The van der Waals surface area contributed by atoms with Crippen LogP contribution in [-0.4, -0.2) is 33.5 Å². The van der Waals surface area contributed by atoms with Crippen molar-refractivity contribution in [3.05, 3.63) is 90.3 Å². The van der Waals surface area contributed by atoms with Gasteiger partial charge in [-0.25, -0.2) is 0 Å². The largest absolute Gasteiger partial charge is 0.493 e. The van der Waals surface area contributed by atoms with Gasteiger partial charge < -0.3 is 14.8 Å². The summed E-state index contributed by atoms with van der Waals surface area (Å²) in [4.78, 5) is 12.6. The molecule has 35 heavy (non-hydrogen) atoms. The van der Waals surface area contributed by atoms with Crippen molar-refractivity contribution in [1.82, 2.24) is 14.8 Å². The Hall–Kier alpha value is -4.29. The molecule has 0 bridgehead atoms. The lowest BCUT2D eigenvalue weighted by Crippen LogP contribution is -2.16. The summed E-state index contributed by atoms with van der Waals surface area (Å²) in [6.07, 6.45) is -0.454. The first-order valence-electron chi connectivity index (χ1n) is 10.8. The fourth-order valence-corrected chi connectivity index (χ4v) is 4.18. The van der Waals surface area contributed by atoms with Crippen LogP contribution in [0.5, 0.6) is 11.5 Å². The number of hydrogen-bond donors (Lipinski definition) is 1. The Morgan fingerprint density at radius 3 is 2.46 bits per heavy atom. The fraction of sp³-hybridized carbons (Fsp3) is 0.154. The molecule has 1 aromatic heterocycles. The summed E-state index contributed by atoms with van der Waals surface area (Å²) in [5.41, 5.74) is 1.73. The van der Waals surface area contributed by atoms with Gasteiger partial charge in [0.1, 0.15) is 6.07 Å². The highest BCUT2D eigenvalue weighted by Gasteiger charge is 2.22. The molecule has 0 saturated heterocycles. The number of amides is 1. The number of benzene rings is 3. The molecule has 4 aromatic rings. The molecule has 0 spiro atoms. The van der Waals surface area contributed by atoms with E-state index in [0.29, 0.717) is 33.7 Å². The highest BCUT2D eigenvalue weighted by atomic mass is 32.2. The predicted octanol–water partition coefficient (Wildman–Crippen LogP) is 5.02. The predicted molar refractivity (Wildman–Crippen MR) is 134 cm³/mol. The molecular weight excluding hydrogens is 462 g/mol. The van der Waals surface area contributed by atoms with Gasteiger partial charge in [-0.1, -0.05) is 54.2 Å². The van der Waals surface area contributed by atoms with E-state index in [1.165, 1.54) is 11.8 Å². The second-order valence-corrected chi connectivity index (χ2v) is 8.36. The highest BCUT2D eigenvalue weighted by Crippen LogP contribution is 2.32. The number of aromatic nitrogens is 3. The number of carbonyl (C=O) groups excluding carboxylic acids is 1. The first kappa shape index (κ1) is 23.9. The summed E-state index contributed by atoms with van der Waals surface area (Å²) in [7, 11) is 1.59. The van der Waals surface area contributed by atoms with Gasteiger partial charge in [-0.3, -0.25) is 9.36 Å². The Balaban J connectivity index is 1.56. The molecule has 9 heteroatoms. The third kappa shape index (κ3) is 5.62. The van der Waals surface area contributed by atoms with Gasteiger partial charge >= 0.3 is 0 Å². The zero-order chi connectivity index (χ0) is 24.6. The van der Waals surface area contributed by atoms with E-state index in [9.17, 15) is 10.1 Å². The monoisotopic (exact) mass is 485 g/mol. The van der Waals surface area contributed by atoms with Crippen LogP contribution >= 0.6 is 11.8 Å². The number of para-hydroxylation sites is 4. The Kier molecular flexibility index (Phi) is 7.65. The maximum atomic E-state index is 12.6. The standard InChI is InChI=1S/C26H23N5O3S/c1-18(34-23-15-9-8-14-22(23)33-2)25-29-30-26(31(25)20-11-4-3-5-12-20)35-17-24(32)28-21-13-7-6-10-19(21)16-27/h3-15,18H,17H2,1-2H3,(H,28,32). The van der Waals surface area contributed by atoms with Crippen LogP contribution < -0.4 is 14.8 Å². The number of nitrogens with zero attached hydrogens (tertiary/aromatic N) is 4. The van der Waals surface area contributed by atoms with Gasteiger partial charge in [-0.15, -0.1) is 10.2 Å². The Labute approximate surface area is 207 Å². The van der Waals surface area contributed by atoms with Crippen LogP contribution in [0.15, 0.2) is 84.0 Å². The number of rotatable bonds is 9. The Bertz CT molecular complexity index is 1350. The molecule has 1 N–H and O–H groups in total. The van der Waals surface area contributed by atoms with Crippen LogP contribution in [0.3, 0.4) is 0 Å². The number of ether oxygens (including phenoxy) is 2. The van der Waals surface area contributed by atoms with Crippen molar-refractivity contribution in [2.75, 3.05) is 18.2 Å². The van der Waals surface area contributed by atoms with E-state index in [1.807, 2.05) is 66.1 Å². The SMILES string of the molecule is COc1ccccc1OC(C)c1nnc(SCC(=O)Nc2ccccc2C#N)n1-c1ccccc1. The molecule has 0 saturated carbocycles. The highest BCUT2D eigenvalue weighted by molar-refractivity contribution is 7.99. The van der Waals surface area contributed by atoms with Crippen molar-refractivity contribution in [3.63, 3.8) is 0 Å². The molecule has 3 aromatic carbocycles. The lowest BCUT2D eigenvalue weighted by Gasteiger charge is -2.18. The van der Waals surface area contributed by atoms with Gasteiger partial charge in [0.2, 0.25) is 5.91 Å². The van der Waals surface area contributed by atoms with E-state index >= 15 is 0 Å². The van der Waals surface area contributed by atoms with Crippen molar-refractivity contribution in [1.29, 1.82) is 5.26 Å². The summed E-state index contributed by atoms with van der Waals surface area (Å²) >= 11 is 1.25. The number of nitriles is 1. The van der Waals surface area contributed by atoms with Crippen molar-refractivity contribution < 1.29 is 14.3 Å². The van der Waals surface area contributed by atoms with Crippen molar-refractivity contribution >= 4 is 23.4 Å². The molecule has 4 rings (SSSR count). The molecule has 0 aliphatic heterocycles. The summed E-state index contributed by atoms with van der Waals surface area (Å²) < 4.78 is 13.4. The van der Waals surface area contributed by atoms with Gasteiger partial charge in [-0.05, 0) is 43.3 Å². The second-order valence-electron chi connectivity index (χ2n) is 7.42. The molecule has 176 valence electrons. The first-order chi connectivity index (χ1) is 17.1. The molecule has 1 amide bonds. The van der Waals surface area contributed by atoms with E-state index in [-0.39, 0.29) is 11.7 Å². The lowest BCUT2D eigenvalue weighted by molar-refractivity contribution is -0.113. The molecule has 1 heterocycles. The average Bonchev–Trinajstić information content (AvgIpc) is 3.33. The van der Waals surface area contributed by atoms with Crippen LogP contribution in [0.1, 0.15) is 24.4 Å². The normalized spacial score (nSPS) is 11.3. The summed E-state index contributed by atoms with van der Waals surface area (Å²) in [6, 6.07) is 26.0. The molecular formula is C26H23N5O3S. The zero-order valence-corrected chi connectivity index (χ0v) is 20.0. The van der Waals surface area contributed by atoms with Gasteiger partial charge in [0.15, 0.2) is 28.6 Å². The van der Waals surface area contributed by atoms with E-state index in [4.69, 9.17) is 9.47 Å². The smallest absolute Gasteiger partial charge is 0.234 e. The zero-order valence-electron chi connectivity index (χ0n) is 19.2. The van der Waals surface area contributed by atoms with Crippen LogP contribution in [0, 0.1) is 11.3 Å². The number of thioether (sulfide) groups is 1. The van der Waals surface area contributed by atoms with Crippen LogP contribution in [0.25, 0.3) is 5.69 Å². The molecule has 8 nitrogen and oxygen atoms in total. The minimum atomic E-state index is -0.454. The molecule has 0 aliphatic carbocycles. The molecule has 0 fully saturated rings. The van der Waals surface area contributed by atoms with E-state index in [1.54, 1.807) is 31.4 Å². The van der Waals surface area contributed by atoms with Gasteiger partial charge in [0, 0.05) is 5.69 Å². The maximum Gasteiger partial charge on any atom is 0.234 e. The first-order valence-corrected chi connectivity index (χ1v) is 11.8. The minimum Gasteiger partial charge on any atom is -0.493 e. The molecule has 1 unspecified atom stereocenters. The summed E-state index contributed by atoms with van der Waals surface area (Å²) in [5, 5.41) is 21.3.